The molecule has 1 unspecified atom stereocenters. The maximum Gasteiger partial charge on any atom is 0.0851 e. The van der Waals surface area contributed by atoms with Gasteiger partial charge in [0.1, 0.15) is 0 Å². The number of nitrogen functional groups attached to an aromatic ring is 1. The second-order valence-corrected chi connectivity index (χ2v) is 6.58. The molecule has 20 heavy (non-hydrogen) atoms. The fourth-order valence-corrected chi connectivity index (χ4v) is 3.70. The maximum atomic E-state index is 10.5. The number of nitrogens with two attached hydrogens (primary N) is 1. The highest BCUT2D eigenvalue weighted by molar-refractivity contribution is 9.10. The van der Waals surface area contributed by atoms with Crippen molar-refractivity contribution in [1.29, 1.82) is 0 Å². The van der Waals surface area contributed by atoms with Gasteiger partial charge in [-0.3, -0.25) is 0 Å². The molecule has 1 atom stereocenters. The van der Waals surface area contributed by atoms with Gasteiger partial charge in [-0.15, -0.1) is 11.3 Å². The van der Waals surface area contributed by atoms with E-state index >= 15 is 0 Å². The molecule has 1 aromatic heterocycles. The molecule has 0 saturated heterocycles. The van der Waals surface area contributed by atoms with Gasteiger partial charge in [-0.2, -0.15) is 0 Å². The molecule has 1 heterocycles. The zero-order chi connectivity index (χ0) is 14.1. The van der Waals surface area contributed by atoms with Gasteiger partial charge in [0.15, 0.2) is 0 Å². The zero-order valence-electron chi connectivity index (χ0n) is 10.7. The van der Waals surface area contributed by atoms with E-state index in [0.29, 0.717) is 12.1 Å². The van der Waals surface area contributed by atoms with Gasteiger partial charge in [-0.25, -0.2) is 0 Å². The van der Waals surface area contributed by atoms with Crippen molar-refractivity contribution in [2.75, 3.05) is 5.73 Å². The van der Waals surface area contributed by atoms with Gasteiger partial charge in [0.25, 0.3) is 0 Å². The van der Waals surface area contributed by atoms with Crippen molar-refractivity contribution in [3.8, 4) is 0 Å². The number of aliphatic hydroxyl groups excluding tert-OH is 1. The first-order chi connectivity index (χ1) is 9.65. The van der Waals surface area contributed by atoms with Crippen molar-refractivity contribution in [3.05, 3.63) is 63.4 Å². The molecule has 0 aliphatic rings. The monoisotopic (exact) mass is 347 g/mol. The molecule has 4 heteroatoms. The smallest absolute Gasteiger partial charge is 0.0851 e. The van der Waals surface area contributed by atoms with Crippen molar-refractivity contribution in [2.24, 2.45) is 0 Å². The Morgan fingerprint density at radius 2 is 2.00 bits per heavy atom. The summed E-state index contributed by atoms with van der Waals surface area (Å²) < 4.78 is 2.17. The molecule has 0 spiro atoms. The zero-order valence-corrected chi connectivity index (χ0v) is 13.1. The molecule has 0 aliphatic carbocycles. The van der Waals surface area contributed by atoms with Crippen molar-refractivity contribution in [3.63, 3.8) is 0 Å². The van der Waals surface area contributed by atoms with E-state index in [0.717, 1.165) is 15.6 Å². The molecule has 102 valence electrons. The van der Waals surface area contributed by atoms with Crippen molar-refractivity contribution in [1.82, 2.24) is 0 Å². The van der Waals surface area contributed by atoms with Crippen LogP contribution in [0.5, 0.6) is 0 Å². The molecule has 3 rings (SSSR count). The van der Waals surface area contributed by atoms with Crippen molar-refractivity contribution >= 4 is 43.0 Å². The predicted molar refractivity (Wildman–Crippen MR) is 89.0 cm³/mol. The summed E-state index contributed by atoms with van der Waals surface area (Å²) in [4.78, 5) is 0. The lowest BCUT2D eigenvalue weighted by atomic mass is 10.00. The lowest BCUT2D eigenvalue weighted by Crippen LogP contribution is -2.05. The van der Waals surface area contributed by atoms with Crippen LogP contribution in [0.3, 0.4) is 0 Å². The van der Waals surface area contributed by atoms with Crippen LogP contribution in [-0.2, 0) is 6.42 Å². The minimum Gasteiger partial charge on any atom is -0.398 e. The van der Waals surface area contributed by atoms with Crippen LogP contribution >= 0.6 is 27.3 Å². The van der Waals surface area contributed by atoms with E-state index in [-0.39, 0.29) is 0 Å². The van der Waals surface area contributed by atoms with Crippen LogP contribution < -0.4 is 5.73 Å². The molecule has 0 bridgehead atoms. The van der Waals surface area contributed by atoms with Crippen LogP contribution in [0.1, 0.15) is 17.2 Å². The average molecular weight is 348 g/mol. The lowest BCUT2D eigenvalue weighted by Gasteiger charge is -2.13. The quantitative estimate of drug-likeness (QED) is 0.684. The Bertz CT molecular complexity index is 753. The summed E-state index contributed by atoms with van der Waals surface area (Å²) in [5.41, 5.74) is 8.52. The minimum absolute atomic E-state index is 0.574. The number of rotatable bonds is 3. The summed E-state index contributed by atoms with van der Waals surface area (Å²) in [5, 5.41) is 13.8. The van der Waals surface area contributed by atoms with Crippen LogP contribution in [-0.4, -0.2) is 5.11 Å². The molecule has 0 saturated carbocycles. The first-order valence-electron chi connectivity index (χ1n) is 6.33. The predicted octanol–water partition coefficient (Wildman–Crippen LogP) is 4.52. The van der Waals surface area contributed by atoms with Crippen molar-refractivity contribution in [2.45, 2.75) is 12.5 Å². The van der Waals surface area contributed by atoms with E-state index in [9.17, 15) is 5.11 Å². The fourth-order valence-electron chi connectivity index (χ4n) is 2.34. The second-order valence-electron chi connectivity index (χ2n) is 4.75. The number of hydrogen-bond donors (Lipinski definition) is 2. The summed E-state index contributed by atoms with van der Waals surface area (Å²) in [7, 11) is 0. The first-order valence-corrected chi connectivity index (χ1v) is 8.00. The van der Waals surface area contributed by atoms with Gasteiger partial charge < -0.3 is 10.8 Å². The number of benzene rings is 2. The van der Waals surface area contributed by atoms with E-state index in [1.54, 1.807) is 11.3 Å². The topological polar surface area (TPSA) is 46.2 Å². The molecule has 3 aromatic rings. The van der Waals surface area contributed by atoms with Gasteiger partial charge >= 0.3 is 0 Å². The summed E-state index contributed by atoms with van der Waals surface area (Å²) >= 11 is 5.12. The Morgan fingerprint density at radius 3 is 2.85 bits per heavy atom. The first kappa shape index (κ1) is 13.6. The van der Waals surface area contributed by atoms with Crippen LogP contribution in [0.2, 0.25) is 0 Å². The molecule has 0 fully saturated rings. The molecule has 0 radical (unpaired) electrons. The normalized spacial score (nSPS) is 12.7. The molecule has 2 aromatic carbocycles. The van der Waals surface area contributed by atoms with E-state index in [2.05, 4.69) is 33.4 Å². The van der Waals surface area contributed by atoms with Crippen molar-refractivity contribution < 1.29 is 5.11 Å². The molecule has 3 N–H and O–H groups in total. The largest absolute Gasteiger partial charge is 0.398 e. The Balaban J connectivity index is 1.92. The number of anilines is 1. The van der Waals surface area contributed by atoms with Gasteiger partial charge in [-0.05, 0) is 40.6 Å². The van der Waals surface area contributed by atoms with E-state index < -0.39 is 6.10 Å². The number of hydrogen-bond acceptors (Lipinski definition) is 3. The summed E-state index contributed by atoms with van der Waals surface area (Å²) in [5.74, 6) is 0. The van der Waals surface area contributed by atoms with Gasteiger partial charge in [-0.1, -0.05) is 34.1 Å². The maximum absolute atomic E-state index is 10.5. The minimum atomic E-state index is -0.592. The molecule has 0 aliphatic heterocycles. The molecular formula is C16H14BrNOS. The molecule has 2 nitrogen and oxygen atoms in total. The van der Waals surface area contributed by atoms with Gasteiger partial charge in [0.2, 0.25) is 0 Å². The van der Waals surface area contributed by atoms with Crippen LogP contribution in [0, 0.1) is 0 Å². The number of halogens is 1. The third kappa shape index (κ3) is 2.59. The van der Waals surface area contributed by atoms with E-state index in [1.165, 1.54) is 10.1 Å². The Hall–Kier alpha value is -1.36. The molecule has 0 amide bonds. The van der Waals surface area contributed by atoms with E-state index in [1.807, 2.05) is 30.3 Å². The number of fused-ring (bicyclic) bond motifs is 1. The van der Waals surface area contributed by atoms with Gasteiger partial charge in [0, 0.05) is 26.8 Å². The number of aliphatic hydroxyl groups is 1. The van der Waals surface area contributed by atoms with E-state index in [4.69, 9.17) is 5.73 Å². The summed E-state index contributed by atoms with van der Waals surface area (Å²) in [6, 6.07) is 13.8. The highest BCUT2D eigenvalue weighted by Gasteiger charge is 2.14. The van der Waals surface area contributed by atoms with Crippen LogP contribution in [0.4, 0.5) is 5.69 Å². The van der Waals surface area contributed by atoms with Gasteiger partial charge in [0.05, 0.1) is 6.10 Å². The summed E-state index contributed by atoms with van der Waals surface area (Å²) in [6.07, 6.45) is -0.0180. The highest BCUT2D eigenvalue weighted by Crippen LogP contribution is 2.32. The Morgan fingerprint density at radius 1 is 1.20 bits per heavy atom. The third-order valence-electron chi connectivity index (χ3n) is 3.38. The SMILES string of the molecule is Nc1ccc(Br)cc1C(O)Cc1csc2ccccc12. The highest BCUT2D eigenvalue weighted by atomic mass is 79.9. The molecular weight excluding hydrogens is 334 g/mol. The summed E-state index contributed by atoms with van der Waals surface area (Å²) in [6.45, 7) is 0. The Kier molecular flexibility index (Phi) is 3.78. The van der Waals surface area contributed by atoms with Crippen LogP contribution in [0.15, 0.2) is 52.3 Å². The fraction of sp³-hybridized carbons (Fsp3) is 0.125. The van der Waals surface area contributed by atoms with Crippen LogP contribution in [0.25, 0.3) is 10.1 Å². The third-order valence-corrected chi connectivity index (χ3v) is 4.89. The Labute approximate surface area is 130 Å². The standard InChI is InChI=1S/C16H14BrNOS/c17-11-5-6-14(18)13(8-11)15(19)7-10-9-20-16-4-2-1-3-12(10)16/h1-6,8-9,15,19H,7,18H2. The average Bonchev–Trinajstić information content (AvgIpc) is 2.85. The lowest BCUT2D eigenvalue weighted by molar-refractivity contribution is 0.179. The number of thiophene rings is 1. The second kappa shape index (κ2) is 5.56.